The molecule has 0 heterocycles. The predicted molar refractivity (Wildman–Crippen MR) is 143 cm³/mol. The van der Waals surface area contributed by atoms with Crippen molar-refractivity contribution >= 4 is 5.97 Å². The maximum atomic E-state index is 11.9. The van der Waals surface area contributed by atoms with Gasteiger partial charge in [-0.2, -0.15) is 0 Å². The van der Waals surface area contributed by atoms with Gasteiger partial charge in [-0.3, -0.25) is 4.79 Å². The van der Waals surface area contributed by atoms with Gasteiger partial charge in [0, 0.05) is 6.61 Å². The lowest BCUT2D eigenvalue weighted by atomic mass is 9.35. The number of rotatable bonds is 8. The van der Waals surface area contributed by atoms with Gasteiger partial charge in [0.2, 0.25) is 0 Å². The molecule has 7 saturated carbocycles. The number of hydrogen-bond donors (Lipinski definition) is 3. The molecule has 7 fully saturated rings. The molecule has 210 valence electrons. The summed E-state index contributed by atoms with van der Waals surface area (Å²) in [4.78, 5) is 11.4. The van der Waals surface area contributed by atoms with Crippen molar-refractivity contribution in [3.63, 3.8) is 0 Å². The Morgan fingerprint density at radius 2 is 1.65 bits per heavy atom. The van der Waals surface area contributed by atoms with E-state index in [0.717, 1.165) is 64.6 Å². The van der Waals surface area contributed by atoms with E-state index in [1.807, 2.05) is 0 Å². The van der Waals surface area contributed by atoms with Gasteiger partial charge in [0.05, 0.1) is 24.2 Å². The van der Waals surface area contributed by atoms with Gasteiger partial charge in [-0.15, -0.1) is 0 Å². The first-order valence-electron chi connectivity index (χ1n) is 15.7. The standard InChI is InChI=1S/C32H52O5/c1-5-21-25-14-20(33)8-11-30(25,4)24-9-12-29(3)22(6-7-23(29)26(24)27(21)34)19(2)10-13-37-18-31-15-32(16-31,17-31)28(35)36/h19-27,33-34H,5-18H2,1-4H3,(H,35,36)/t19-,20-,21-,22-,23+,24+,25+,26+,27-,29-,30-,31?,32?/m1/s1. The third-order valence-corrected chi connectivity index (χ3v) is 13.9. The predicted octanol–water partition coefficient (Wildman–Crippen LogP) is 5.91. The fourth-order valence-corrected chi connectivity index (χ4v) is 12.1. The quantitative estimate of drug-likeness (QED) is 0.349. The number of carboxylic acids is 1. The first kappa shape index (κ1) is 26.6. The van der Waals surface area contributed by atoms with Crippen LogP contribution in [-0.2, 0) is 9.53 Å². The maximum absolute atomic E-state index is 11.9. The van der Waals surface area contributed by atoms with Gasteiger partial charge < -0.3 is 20.1 Å². The summed E-state index contributed by atoms with van der Waals surface area (Å²) in [5, 5.41) is 31.8. The molecular formula is C32H52O5. The molecule has 0 saturated heterocycles. The van der Waals surface area contributed by atoms with Crippen LogP contribution in [0, 0.1) is 63.1 Å². The van der Waals surface area contributed by atoms with Gasteiger partial charge in [0.25, 0.3) is 0 Å². The summed E-state index contributed by atoms with van der Waals surface area (Å²) in [6.45, 7) is 11.3. The number of hydrogen-bond acceptors (Lipinski definition) is 4. The van der Waals surface area contributed by atoms with E-state index < -0.39 is 11.4 Å². The number of carboxylic acid groups (broad SMARTS) is 1. The lowest BCUT2D eigenvalue weighted by Gasteiger charge is -2.68. The van der Waals surface area contributed by atoms with Crippen LogP contribution < -0.4 is 0 Å². The number of aliphatic carboxylic acids is 1. The summed E-state index contributed by atoms with van der Waals surface area (Å²) >= 11 is 0. The maximum Gasteiger partial charge on any atom is 0.309 e. The third kappa shape index (κ3) is 3.75. The molecule has 5 nitrogen and oxygen atoms in total. The monoisotopic (exact) mass is 516 g/mol. The second kappa shape index (κ2) is 8.93. The highest BCUT2D eigenvalue weighted by atomic mass is 16.5. The van der Waals surface area contributed by atoms with Crippen molar-refractivity contribution in [2.24, 2.45) is 63.1 Å². The zero-order valence-electron chi connectivity index (χ0n) is 23.8. The summed E-state index contributed by atoms with van der Waals surface area (Å²) < 4.78 is 6.16. The molecule has 2 bridgehead atoms. The zero-order valence-corrected chi connectivity index (χ0v) is 23.8. The van der Waals surface area contributed by atoms with Gasteiger partial charge in [-0.05, 0) is 128 Å². The second-order valence-corrected chi connectivity index (χ2v) is 15.6. The smallest absolute Gasteiger partial charge is 0.309 e. The molecule has 0 amide bonds. The van der Waals surface area contributed by atoms with Gasteiger partial charge in [0.15, 0.2) is 0 Å². The Morgan fingerprint density at radius 3 is 2.32 bits per heavy atom. The molecule has 0 aromatic rings. The van der Waals surface area contributed by atoms with Gasteiger partial charge in [-0.1, -0.05) is 34.1 Å². The highest BCUT2D eigenvalue weighted by molar-refractivity contribution is 5.79. The molecule has 0 aliphatic heterocycles. The van der Waals surface area contributed by atoms with Crippen LogP contribution in [0.1, 0.15) is 105 Å². The Bertz CT molecular complexity index is 882. The third-order valence-electron chi connectivity index (χ3n) is 13.9. The molecule has 0 aromatic carbocycles. The van der Waals surface area contributed by atoms with E-state index in [0.29, 0.717) is 46.8 Å². The topological polar surface area (TPSA) is 87.0 Å². The van der Waals surface area contributed by atoms with Crippen LogP contribution in [0.2, 0.25) is 0 Å². The number of aliphatic hydroxyl groups is 2. The Labute approximate surface area is 224 Å². The second-order valence-electron chi connectivity index (χ2n) is 15.6. The zero-order chi connectivity index (χ0) is 26.4. The van der Waals surface area contributed by atoms with Crippen molar-refractivity contribution < 1.29 is 24.9 Å². The minimum Gasteiger partial charge on any atom is -0.481 e. The average Bonchev–Trinajstić information content (AvgIpc) is 3.15. The molecule has 7 rings (SSSR count). The summed E-state index contributed by atoms with van der Waals surface area (Å²) in [5.74, 6) is 3.10. The van der Waals surface area contributed by atoms with Crippen LogP contribution in [0.15, 0.2) is 0 Å². The highest BCUT2D eigenvalue weighted by Gasteiger charge is 2.72. The largest absolute Gasteiger partial charge is 0.481 e. The Hall–Kier alpha value is -0.650. The highest BCUT2D eigenvalue weighted by Crippen LogP contribution is 2.73. The first-order chi connectivity index (χ1) is 17.5. The number of fused-ring (bicyclic) bond motifs is 5. The van der Waals surface area contributed by atoms with E-state index in [9.17, 15) is 20.1 Å². The number of aliphatic hydroxyl groups excluding tert-OH is 2. The van der Waals surface area contributed by atoms with E-state index >= 15 is 0 Å². The van der Waals surface area contributed by atoms with E-state index in [4.69, 9.17) is 4.74 Å². The Morgan fingerprint density at radius 1 is 0.973 bits per heavy atom. The van der Waals surface area contributed by atoms with Gasteiger partial charge >= 0.3 is 5.97 Å². The lowest BCUT2D eigenvalue weighted by Crippen LogP contribution is -2.67. The van der Waals surface area contributed by atoms with E-state index in [1.165, 1.54) is 25.7 Å². The van der Waals surface area contributed by atoms with Crippen LogP contribution in [0.5, 0.6) is 0 Å². The minimum atomic E-state index is -0.610. The molecule has 0 spiro atoms. The van der Waals surface area contributed by atoms with Crippen molar-refractivity contribution in [3.8, 4) is 0 Å². The molecule has 7 aliphatic rings. The van der Waals surface area contributed by atoms with Crippen molar-refractivity contribution in [1.29, 1.82) is 0 Å². The molecule has 3 N–H and O–H groups in total. The molecule has 7 aliphatic carbocycles. The Kier molecular flexibility index (Phi) is 6.41. The summed E-state index contributed by atoms with van der Waals surface area (Å²) in [6.07, 6.45) is 12.1. The molecule has 0 radical (unpaired) electrons. The molecule has 5 heteroatoms. The van der Waals surface area contributed by atoms with Crippen molar-refractivity contribution in [3.05, 3.63) is 0 Å². The number of carbonyl (C=O) groups is 1. The molecule has 0 unspecified atom stereocenters. The van der Waals surface area contributed by atoms with Crippen LogP contribution in [-0.4, -0.2) is 46.7 Å². The van der Waals surface area contributed by atoms with E-state index in [2.05, 4.69) is 27.7 Å². The van der Waals surface area contributed by atoms with Crippen LogP contribution >= 0.6 is 0 Å². The molecule has 11 atom stereocenters. The van der Waals surface area contributed by atoms with Crippen LogP contribution in [0.4, 0.5) is 0 Å². The lowest BCUT2D eigenvalue weighted by molar-refractivity contribution is -0.239. The summed E-state index contributed by atoms with van der Waals surface area (Å²) in [6, 6.07) is 0. The van der Waals surface area contributed by atoms with Crippen molar-refractivity contribution in [2.75, 3.05) is 13.2 Å². The van der Waals surface area contributed by atoms with Crippen molar-refractivity contribution in [1.82, 2.24) is 0 Å². The fraction of sp³-hybridized carbons (Fsp3) is 0.969. The van der Waals surface area contributed by atoms with Crippen molar-refractivity contribution in [2.45, 2.75) is 117 Å². The van der Waals surface area contributed by atoms with E-state index in [1.54, 1.807) is 0 Å². The normalized spacial score (nSPS) is 54.8. The average molecular weight is 517 g/mol. The SMILES string of the molecule is CC[C@H]1[C@@H](O)[C@@H]2[C@H](CC[C@]3(C)[C@@H]([C@H](C)CCOCC45CC(C(=O)O)(C4)C5)CC[C@@H]23)[C@@]2(C)CC[C@@H](O)C[C@@H]12. The van der Waals surface area contributed by atoms with Gasteiger partial charge in [0.1, 0.15) is 0 Å². The Balaban J connectivity index is 1.09. The first-order valence-corrected chi connectivity index (χ1v) is 15.7. The van der Waals surface area contributed by atoms with Gasteiger partial charge in [-0.25, -0.2) is 0 Å². The minimum absolute atomic E-state index is 0.167. The van der Waals surface area contributed by atoms with E-state index in [-0.39, 0.29) is 23.0 Å². The van der Waals surface area contributed by atoms with Crippen LogP contribution in [0.25, 0.3) is 0 Å². The number of ether oxygens (including phenoxy) is 1. The van der Waals surface area contributed by atoms with Crippen LogP contribution in [0.3, 0.4) is 0 Å². The fourth-order valence-electron chi connectivity index (χ4n) is 12.1. The molecular weight excluding hydrogens is 464 g/mol. The summed E-state index contributed by atoms with van der Waals surface area (Å²) in [5.41, 5.74) is 0.334. The summed E-state index contributed by atoms with van der Waals surface area (Å²) in [7, 11) is 0. The molecule has 0 aromatic heterocycles. The molecule has 37 heavy (non-hydrogen) atoms.